The molecular weight excluding hydrogens is 302 g/mol. The maximum atomic E-state index is 13.2. The minimum Gasteiger partial charge on any atom is -0.373 e. The summed E-state index contributed by atoms with van der Waals surface area (Å²) in [7, 11) is 0. The predicted octanol–water partition coefficient (Wildman–Crippen LogP) is 3.27. The number of carbonyl (C=O) groups is 1. The van der Waals surface area contributed by atoms with Crippen LogP contribution < -0.4 is 0 Å². The van der Waals surface area contributed by atoms with Crippen LogP contribution in [0.25, 0.3) is 0 Å². The lowest BCUT2D eigenvalue weighted by atomic mass is 9.76. The number of nitrogens with zero attached hydrogens (tertiary/aromatic N) is 3. The molecule has 0 spiro atoms. The Hall–Kier alpha value is -1.36. The third kappa shape index (κ3) is 3.51. The predicted molar refractivity (Wildman–Crippen MR) is 93.5 cm³/mol. The van der Waals surface area contributed by atoms with E-state index in [1.807, 2.05) is 17.1 Å². The van der Waals surface area contributed by atoms with E-state index in [0.29, 0.717) is 12.5 Å². The molecule has 0 saturated carbocycles. The largest absolute Gasteiger partial charge is 0.373 e. The van der Waals surface area contributed by atoms with E-state index in [4.69, 9.17) is 4.74 Å². The van der Waals surface area contributed by atoms with Crippen LogP contribution in [0, 0.1) is 17.3 Å². The molecule has 5 nitrogen and oxygen atoms in total. The van der Waals surface area contributed by atoms with Crippen LogP contribution in [0.3, 0.4) is 0 Å². The van der Waals surface area contributed by atoms with Crippen LogP contribution in [0.15, 0.2) is 12.4 Å². The molecule has 134 valence electrons. The van der Waals surface area contributed by atoms with Gasteiger partial charge in [-0.15, -0.1) is 0 Å². The molecule has 0 aromatic carbocycles. The Morgan fingerprint density at radius 1 is 1.38 bits per heavy atom. The Kier molecular flexibility index (Phi) is 5.00. The number of ether oxygens (including phenoxy) is 1. The lowest BCUT2D eigenvalue weighted by Crippen LogP contribution is -2.46. The first kappa shape index (κ1) is 17.5. The molecule has 0 radical (unpaired) electrons. The molecule has 0 bridgehead atoms. The summed E-state index contributed by atoms with van der Waals surface area (Å²) >= 11 is 0. The van der Waals surface area contributed by atoms with Crippen molar-refractivity contribution < 1.29 is 9.53 Å². The van der Waals surface area contributed by atoms with Crippen LogP contribution in [0.4, 0.5) is 0 Å². The van der Waals surface area contributed by atoms with Gasteiger partial charge in [-0.25, -0.2) is 0 Å². The Morgan fingerprint density at radius 2 is 2.17 bits per heavy atom. The van der Waals surface area contributed by atoms with Crippen molar-refractivity contribution in [1.82, 2.24) is 14.7 Å². The first-order valence-corrected chi connectivity index (χ1v) is 9.33. The monoisotopic (exact) mass is 333 g/mol. The number of carbonyl (C=O) groups excluding carboxylic acids is 1. The minimum atomic E-state index is -0.132. The number of rotatable bonds is 3. The number of hydrogen-bond acceptors (Lipinski definition) is 3. The second kappa shape index (κ2) is 6.87. The first-order chi connectivity index (χ1) is 11.4. The molecule has 0 N–H and O–H groups in total. The smallest absolute Gasteiger partial charge is 0.228 e. The molecular formula is C19H31N3O2. The third-order valence-electron chi connectivity index (χ3n) is 5.67. The normalized spacial score (nSPS) is 28.3. The van der Waals surface area contributed by atoms with Crippen molar-refractivity contribution in [1.29, 1.82) is 0 Å². The lowest BCUT2D eigenvalue weighted by molar-refractivity contribution is -0.140. The van der Waals surface area contributed by atoms with Gasteiger partial charge in [0.05, 0.1) is 18.2 Å². The molecule has 2 saturated heterocycles. The Labute approximate surface area is 145 Å². The highest BCUT2D eigenvalue weighted by atomic mass is 16.5. The van der Waals surface area contributed by atoms with Crippen molar-refractivity contribution in [3.63, 3.8) is 0 Å². The molecule has 0 unspecified atom stereocenters. The van der Waals surface area contributed by atoms with Crippen LogP contribution >= 0.6 is 0 Å². The Morgan fingerprint density at radius 3 is 2.83 bits per heavy atom. The highest BCUT2D eigenvalue weighted by Gasteiger charge is 2.40. The first-order valence-electron chi connectivity index (χ1n) is 9.33. The fourth-order valence-corrected chi connectivity index (χ4v) is 3.99. The Bertz CT molecular complexity index is 575. The van der Waals surface area contributed by atoms with Gasteiger partial charge in [0.2, 0.25) is 5.91 Å². The molecule has 24 heavy (non-hydrogen) atoms. The summed E-state index contributed by atoms with van der Waals surface area (Å²) < 4.78 is 7.81. The van der Waals surface area contributed by atoms with Gasteiger partial charge < -0.3 is 9.64 Å². The summed E-state index contributed by atoms with van der Waals surface area (Å²) in [4.78, 5) is 15.2. The summed E-state index contributed by atoms with van der Waals surface area (Å²) in [5.41, 5.74) is 1.30. The van der Waals surface area contributed by atoms with Crippen molar-refractivity contribution >= 4 is 5.91 Å². The standard InChI is InChI=1S/C19H31N3O2/c1-5-22-12-14(11-20-22)17-16(8-10-24-17)18(23)21-9-6-7-15(13-21)19(2,3)4/h11-12,15-17H,5-10,13H2,1-4H3/t15-,16-,17+/m0/s1. The van der Waals surface area contributed by atoms with E-state index in [0.717, 1.165) is 38.0 Å². The molecule has 1 aromatic rings. The van der Waals surface area contributed by atoms with Gasteiger partial charge in [-0.05, 0) is 37.5 Å². The van der Waals surface area contributed by atoms with E-state index < -0.39 is 0 Å². The van der Waals surface area contributed by atoms with Crippen LogP contribution in [0.2, 0.25) is 0 Å². The number of hydrogen-bond donors (Lipinski definition) is 0. The third-order valence-corrected chi connectivity index (χ3v) is 5.67. The van der Waals surface area contributed by atoms with Crippen molar-refractivity contribution in [3.8, 4) is 0 Å². The highest BCUT2D eigenvalue weighted by Crippen LogP contribution is 2.38. The molecule has 2 fully saturated rings. The van der Waals surface area contributed by atoms with E-state index in [1.165, 1.54) is 6.42 Å². The van der Waals surface area contributed by atoms with E-state index in [1.54, 1.807) is 0 Å². The molecule has 3 atom stereocenters. The summed E-state index contributed by atoms with van der Waals surface area (Å²) in [6.07, 6.45) is 6.89. The molecule has 1 aromatic heterocycles. The van der Waals surface area contributed by atoms with Gasteiger partial charge in [0.15, 0.2) is 0 Å². The van der Waals surface area contributed by atoms with Gasteiger partial charge in [-0.3, -0.25) is 9.48 Å². The number of aryl methyl sites for hydroxylation is 1. The molecule has 1 amide bonds. The summed E-state index contributed by atoms with van der Waals surface area (Å²) in [6.45, 7) is 12.2. The van der Waals surface area contributed by atoms with Gasteiger partial charge in [0.25, 0.3) is 0 Å². The fourth-order valence-electron chi connectivity index (χ4n) is 3.99. The molecule has 2 aliphatic rings. The van der Waals surface area contributed by atoms with Gasteiger partial charge in [-0.2, -0.15) is 5.10 Å². The van der Waals surface area contributed by atoms with Crippen molar-refractivity contribution in [2.75, 3.05) is 19.7 Å². The van der Waals surface area contributed by atoms with Crippen LogP contribution in [-0.2, 0) is 16.1 Å². The second-order valence-electron chi connectivity index (χ2n) is 8.31. The van der Waals surface area contributed by atoms with E-state index in [2.05, 4.69) is 37.7 Å². The molecule has 2 aliphatic heterocycles. The zero-order valence-corrected chi connectivity index (χ0v) is 15.5. The summed E-state index contributed by atoms with van der Waals surface area (Å²) in [5, 5.41) is 4.34. The maximum Gasteiger partial charge on any atom is 0.228 e. The lowest BCUT2D eigenvalue weighted by Gasteiger charge is -2.40. The average Bonchev–Trinajstić information content (AvgIpc) is 3.22. The van der Waals surface area contributed by atoms with Gasteiger partial charge >= 0.3 is 0 Å². The van der Waals surface area contributed by atoms with Crippen LogP contribution in [-0.4, -0.2) is 40.3 Å². The van der Waals surface area contributed by atoms with E-state index in [-0.39, 0.29) is 23.3 Å². The molecule has 0 aliphatic carbocycles. The molecule has 3 rings (SSSR count). The maximum absolute atomic E-state index is 13.2. The van der Waals surface area contributed by atoms with Crippen molar-refractivity contribution in [3.05, 3.63) is 18.0 Å². The van der Waals surface area contributed by atoms with Gasteiger partial charge in [0, 0.05) is 38.0 Å². The number of piperidine rings is 1. The number of aromatic nitrogens is 2. The highest BCUT2D eigenvalue weighted by molar-refractivity contribution is 5.80. The fraction of sp³-hybridized carbons (Fsp3) is 0.789. The topological polar surface area (TPSA) is 47.4 Å². The van der Waals surface area contributed by atoms with Crippen LogP contribution in [0.1, 0.15) is 58.6 Å². The zero-order valence-electron chi connectivity index (χ0n) is 15.5. The molecule has 5 heteroatoms. The van der Waals surface area contributed by atoms with Crippen molar-refractivity contribution in [2.45, 2.75) is 59.6 Å². The zero-order chi connectivity index (χ0) is 17.3. The summed E-state index contributed by atoms with van der Waals surface area (Å²) in [6, 6.07) is 0. The average molecular weight is 333 g/mol. The van der Waals surface area contributed by atoms with Crippen LogP contribution in [0.5, 0.6) is 0 Å². The Balaban J connectivity index is 1.71. The van der Waals surface area contributed by atoms with Crippen molar-refractivity contribution in [2.24, 2.45) is 17.3 Å². The molecule has 3 heterocycles. The summed E-state index contributed by atoms with van der Waals surface area (Å²) in [5.74, 6) is 0.799. The van der Waals surface area contributed by atoms with E-state index in [9.17, 15) is 4.79 Å². The SMILES string of the molecule is CCn1cc([C@H]2OCC[C@@H]2C(=O)N2CCC[C@H](C(C)(C)C)C2)cn1. The van der Waals surface area contributed by atoms with Gasteiger partial charge in [0.1, 0.15) is 0 Å². The van der Waals surface area contributed by atoms with Gasteiger partial charge in [-0.1, -0.05) is 20.8 Å². The van der Waals surface area contributed by atoms with E-state index >= 15 is 0 Å². The number of amides is 1. The minimum absolute atomic E-state index is 0.0572. The quantitative estimate of drug-likeness (QED) is 0.853. The second-order valence-corrected chi connectivity index (χ2v) is 8.31. The number of likely N-dealkylation sites (tertiary alicyclic amines) is 1.